The van der Waals surface area contributed by atoms with Gasteiger partial charge in [-0.15, -0.1) is 0 Å². The Balaban J connectivity index is 2.09. The SMILES string of the molecule is CCOC1CC(N=C(N)N(CC)CC)C12CCOCC2. The molecule has 2 unspecified atom stereocenters. The van der Waals surface area contributed by atoms with Gasteiger partial charge in [0.1, 0.15) is 0 Å². The minimum absolute atomic E-state index is 0.159. The second kappa shape index (κ2) is 6.76. The van der Waals surface area contributed by atoms with Gasteiger partial charge in [-0.1, -0.05) is 0 Å². The molecule has 2 N–H and O–H groups in total. The summed E-state index contributed by atoms with van der Waals surface area (Å²) in [5, 5.41) is 0. The van der Waals surface area contributed by atoms with E-state index in [1.807, 2.05) is 0 Å². The highest BCUT2D eigenvalue weighted by molar-refractivity contribution is 5.78. The number of hydrogen-bond acceptors (Lipinski definition) is 3. The predicted molar refractivity (Wildman–Crippen MR) is 80.8 cm³/mol. The molecule has 1 aliphatic heterocycles. The van der Waals surface area contributed by atoms with E-state index < -0.39 is 0 Å². The van der Waals surface area contributed by atoms with Crippen molar-refractivity contribution in [1.29, 1.82) is 0 Å². The first-order valence-electron chi connectivity index (χ1n) is 7.95. The fourth-order valence-corrected chi connectivity index (χ4v) is 3.54. The van der Waals surface area contributed by atoms with Gasteiger partial charge in [-0.2, -0.15) is 0 Å². The van der Waals surface area contributed by atoms with Crippen molar-refractivity contribution in [3.05, 3.63) is 0 Å². The van der Waals surface area contributed by atoms with Gasteiger partial charge in [0, 0.05) is 38.3 Å². The van der Waals surface area contributed by atoms with E-state index in [2.05, 4.69) is 25.7 Å². The van der Waals surface area contributed by atoms with Crippen LogP contribution in [0.3, 0.4) is 0 Å². The summed E-state index contributed by atoms with van der Waals surface area (Å²) in [5.74, 6) is 0.681. The molecule has 5 nitrogen and oxygen atoms in total. The van der Waals surface area contributed by atoms with E-state index in [4.69, 9.17) is 20.2 Å². The maximum Gasteiger partial charge on any atom is 0.191 e. The topological polar surface area (TPSA) is 60.1 Å². The zero-order chi connectivity index (χ0) is 14.6. The number of aliphatic imine (C=N–C) groups is 1. The highest BCUT2D eigenvalue weighted by atomic mass is 16.5. The molecule has 0 bridgehead atoms. The number of ether oxygens (including phenoxy) is 2. The molecular formula is C15H29N3O2. The Bertz CT molecular complexity index is 336. The lowest BCUT2D eigenvalue weighted by Gasteiger charge is -2.55. The quantitative estimate of drug-likeness (QED) is 0.615. The predicted octanol–water partition coefficient (Wildman–Crippen LogP) is 1.62. The summed E-state index contributed by atoms with van der Waals surface area (Å²) < 4.78 is 11.4. The first-order chi connectivity index (χ1) is 9.67. The third kappa shape index (κ3) is 2.79. The zero-order valence-electron chi connectivity index (χ0n) is 13.1. The summed E-state index contributed by atoms with van der Waals surface area (Å²) in [6.07, 6.45) is 3.40. The van der Waals surface area contributed by atoms with E-state index in [1.165, 1.54) is 0 Å². The van der Waals surface area contributed by atoms with Crippen LogP contribution in [0.25, 0.3) is 0 Å². The number of nitrogens with zero attached hydrogens (tertiary/aromatic N) is 2. The highest BCUT2D eigenvalue weighted by Crippen LogP contribution is 2.52. The van der Waals surface area contributed by atoms with E-state index in [0.717, 1.165) is 52.2 Å². The molecule has 0 aromatic rings. The normalized spacial score (nSPS) is 29.2. The molecule has 0 aromatic carbocycles. The van der Waals surface area contributed by atoms with Crippen molar-refractivity contribution >= 4 is 5.96 Å². The van der Waals surface area contributed by atoms with Gasteiger partial charge in [0.25, 0.3) is 0 Å². The maximum absolute atomic E-state index is 6.16. The molecule has 1 heterocycles. The van der Waals surface area contributed by atoms with Gasteiger partial charge in [0.2, 0.25) is 0 Å². The Labute approximate surface area is 122 Å². The molecule has 2 aliphatic rings. The Kier molecular flexibility index (Phi) is 5.27. The maximum atomic E-state index is 6.16. The summed E-state index contributed by atoms with van der Waals surface area (Å²) >= 11 is 0. The van der Waals surface area contributed by atoms with Gasteiger partial charge in [-0.25, -0.2) is 4.99 Å². The average molecular weight is 283 g/mol. The van der Waals surface area contributed by atoms with E-state index >= 15 is 0 Å². The van der Waals surface area contributed by atoms with Gasteiger partial charge in [0.15, 0.2) is 5.96 Å². The van der Waals surface area contributed by atoms with E-state index in [1.54, 1.807) is 0 Å². The first kappa shape index (κ1) is 15.6. The van der Waals surface area contributed by atoms with Crippen molar-refractivity contribution in [2.75, 3.05) is 32.9 Å². The third-order valence-electron chi connectivity index (χ3n) is 4.91. The van der Waals surface area contributed by atoms with Crippen LogP contribution in [0.1, 0.15) is 40.0 Å². The Morgan fingerprint density at radius 3 is 2.50 bits per heavy atom. The van der Waals surface area contributed by atoms with E-state index in [-0.39, 0.29) is 5.41 Å². The standard InChI is InChI=1S/C15H29N3O2/c1-4-18(5-2)14(16)17-12-11-13(20-6-3)15(12)7-9-19-10-8-15/h12-13H,4-11H2,1-3H3,(H2,16,17). The molecule has 0 amide bonds. The average Bonchev–Trinajstić information content (AvgIpc) is 2.48. The summed E-state index contributed by atoms with van der Waals surface area (Å²) in [7, 11) is 0. The van der Waals surface area contributed by atoms with Crippen molar-refractivity contribution in [2.24, 2.45) is 16.1 Å². The van der Waals surface area contributed by atoms with Gasteiger partial charge in [-0.05, 0) is 40.0 Å². The van der Waals surface area contributed by atoms with Gasteiger partial charge in [0.05, 0.1) is 12.1 Å². The fraction of sp³-hybridized carbons (Fsp3) is 0.933. The minimum Gasteiger partial charge on any atom is -0.381 e. The summed E-state index contributed by atoms with van der Waals surface area (Å²) in [4.78, 5) is 6.93. The molecule has 1 spiro atoms. The molecule has 2 rings (SSSR count). The largest absolute Gasteiger partial charge is 0.381 e. The molecule has 1 aliphatic carbocycles. The zero-order valence-corrected chi connectivity index (χ0v) is 13.1. The van der Waals surface area contributed by atoms with Crippen LogP contribution < -0.4 is 5.73 Å². The molecular weight excluding hydrogens is 254 g/mol. The van der Waals surface area contributed by atoms with Crippen LogP contribution in [0.5, 0.6) is 0 Å². The van der Waals surface area contributed by atoms with Crippen molar-refractivity contribution < 1.29 is 9.47 Å². The fourth-order valence-electron chi connectivity index (χ4n) is 3.54. The van der Waals surface area contributed by atoms with Crippen LogP contribution in [0, 0.1) is 5.41 Å². The molecule has 1 saturated carbocycles. The van der Waals surface area contributed by atoms with Crippen LogP contribution in [0.2, 0.25) is 0 Å². The number of rotatable bonds is 5. The van der Waals surface area contributed by atoms with E-state index in [9.17, 15) is 0 Å². The lowest BCUT2D eigenvalue weighted by atomic mass is 9.58. The van der Waals surface area contributed by atoms with Crippen LogP contribution in [-0.2, 0) is 9.47 Å². The van der Waals surface area contributed by atoms with Gasteiger partial charge in [-0.3, -0.25) is 0 Å². The van der Waals surface area contributed by atoms with Gasteiger partial charge < -0.3 is 20.1 Å². The van der Waals surface area contributed by atoms with Crippen molar-refractivity contribution in [3.8, 4) is 0 Å². The molecule has 0 radical (unpaired) electrons. The molecule has 1 saturated heterocycles. The Hall–Kier alpha value is -0.810. The van der Waals surface area contributed by atoms with E-state index in [0.29, 0.717) is 18.1 Å². The Morgan fingerprint density at radius 1 is 1.30 bits per heavy atom. The summed E-state index contributed by atoms with van der Waals surface area (Å²) in [6, 6.07) is 0.295. The molecule has 2 atom stereocenters. The molecule has 116 valence electrons. The highest BCUT2D eigenvalue weighted by Gasteiger charge is 2.56. The van der Waals surface area contributed by atoms with Gasteiger partial charge >= 0.3 is 0 Å². The molecule has 0 aromatic heterocycles. The second-order valence-electron chi connectivity index (χ2n) is 5.70. The monoisotopic (exact) mass is 283 g/mol. The second-order valence-corrected chi connectivity index (χ2v) is 5.70. The summed E-state index contributed by atoms with van der Waals surface area (Å²) in [6.45, 7) is 10.5. The smallest absolute Gasteiger partial charge is 0.191 e. The first-order valence-corrected chi connectivity index (χ1v) is 7.95. The van der Waals surface area contributed by atoms with Crippen LogP contribution in [0.4, 0.5) is 0 Å². The van der Waals surface area contributed by atoms with Crippen molar-refractivity contribution in [1.82, 2.24) is 4.90 Å². The number of guanidine groups is 1. The van der Waals surface area contributed by atoms with Crippen LogP contribution in [-0.4, -0.2) is 55.9 Å². The number of nitrogens with two attached hydrogens (primary N) is 1. The Morgan fingerprint density at radius 2 is 1.95 bits per heavy atom. The number of hydrogen-bond donors (Lipinski definition) is 1. The third-order valence-corrected chi connectivity index (χ3v) is 4.91. The lowest BCUT2D eigenvalue weighted by Crippen LogP contribution is -2.60. The van der Waals surface area contributed by atoms with Crippen molar-refractivity contribution in [3.63, 3.8) is 0 Å². The van der Waals surface area contributed by atoms with Crippen LogP contribution >= 0.6 is 0 Å². The lowest BCUT2D eigenvalue weighted by molar-refractivity contribution is -0.163. The molecule has 5 heteroatoms. The minimum atomic E-state index is 0.159. The van der Waals surface area contributed by atoms with Crippen molar-refractivity contribution in [2.45, 2.75) is 52.2 Å². The summed E-state index contributed by atoms with van der Waals surface area (Å²) in [5.41, 5.74) is 6.32. The molecule has 2 fully saturated rings. The van der Waals surface area contributed by atoms with Crippen LogP contribution in [0.15, 0.2) is 4.99 Å². The molecule has 20 heavy (non-hydrogen) atoms.